The van der Waals surface area contributed by atoms with E-state index in [1.54, 1.807) is 12.0 Å². The van der Waals surface area contributed by atoms with E-state index in [1.165, 1.54) is 5.56 Å². The van der Waals surface area contributed by atoms with E-state index in [4.69, 9.17) is 9.47 Å². The molecule has 0 aromatic heterocycles. The first-order valence-electron chi connectivity index (χ1n) is 10.7. The number of carboxylic acid groups (broad SMARTS) is 1. The largest absolute Gasteiger partial charge is 0.493 e. The monoisotopic (exact) mass is 410 g/mol. The van der Waals surface area contributed by atoms with E-state index >= 15 is 0 Å². The molecular formula is C24H30N2O4. The number of para-hydroxylation sites is 2. The molecule has 2 heterocycles. The van der Waals surface area contributed by atoms with Gasteiger partial charge >= 0.3 is 6.09 Å². The Hall–Kier alpha value is -2.73. The zero-order chi connectivity index (χ0) is 21.0. The van der Waals surface area contributed by atoms with E-state index in [9.17, 15) is 9.90 Å². The van der Waals surface area contributed by atoms with Crippen LogP contribution in [0.2, 0.25) is 0 Å². The quantitative estimate of drug-likeness (QED) is 0.764. The topological polar surface area (TPSA) is 62.2 Å². The van der Waals surface area contributed by atoms with E-state index in [0.29, 0.717) is 24.3 Å². The van der Waals surface area contributed by atoms with E-state index in [1.807, 2.05) is 36.4 Å². The summed E-state index contributed by atoms with van der Waals surface area (Å²) in [6.45, 7) is 4.38. The number of nitrogens with zero attached hydrogens (tertiary/aromatic N) is 2. The lowest BCUT2D eigenvalue weighted by molar-refractivity contribution is 0.0341. The molecule has 0 unspecified atom stereocenters. The van der Waals surface area contributed by atoms with Crippen LogP contribution in [0.1, 0.15) is 31.2 Å². The number of piperidine rings is 2. The summed E-state index contributed by atoms with van der Waals surface area (Å²) in [6, 6.07) is 15.9. The number of carbonyl (C=O) groups is 1. The third-order valence-electron chi connectivity index (χ3n) is 6.61. The molecular weight excluding hydrogens is 380 g/mol. The number of amides is 1. The molecule has 2 aliphatic heterocycles. The summed E-state index contributed by atoms with van der Waals surface area (Å²) >= 11 is 0. The van der Waals surface area contributed by atoms with Crippen LogP contribution in [0.4, 0.5) is 4.79 Å². The minimum absolute atomic E-state index is 0.331. The first-order valence-corrected chi connectivity index (χ1v) is 10.7. The molecule has 6 nitrogen and oxygen atoms in total. The average molecular weight is 411 g/mol. The number of likely N-dealkylation sites (tertiary alicyclic amines) is 2. The molecule has 1 spiro atoms. The van der Waals surface area contributed by atoms with E-state index < -0.39 is 6.09 Å². The summed E-state index contributed by atoms with van der Waals surface area (Å²) in [6.07, 6.45) is 3.51. The normalized spacial score (nSPS) is 18.9. The third kappa shape index (κ3) is 4.70. The highest BCUT2D eigenvalue weighted by Gasteiger charge is 2.38. The van der Waals surface area contributed by atoms with Crippen molar-refractivity contribution in [1.29, 1.82) is 0 Å². The van der Waals surface area contributed by atoms with Gasteiger partial charge in [0.05, 0.1) is 7.11 Å². The van der Waals surface area contributed by atoms with Crippen LogP contribution < -0.4 is 9.47 Å². The zero-order valence-electron chi connectivity index (χ0n) is 17.5. The molecule has 1 amide bonds. The summed E-state index contributed by atoms with van der Waals surface area (Å²) in [4.78, 5) is 15.2. The van der Waals surface area contributed by atoms with Crippen LogP contribution in [-0.4, -0.2) is 54.3 Å². The van der Waals surface area contributed by atoms with Gasteiger partial charge in [-0.15, -0.1) is 0 Å². The minimum Gasteiger partial charge on any atom is -0.493 e. The van der Waals surface area contributed by atoms with Crippen LogP contribution in [-0.2, 0) is 6.54 Å². The highest BCUT2D eigenvalue weighted by Crippen LogP contribution is 2.41. The first-order chi connectivity index (χ1) is 14.6. The molecule has 30 heavy (non-hydrogen) atoms. The fraction of sp³-hybridized carbons (Fsp3) is 0.458. The number of rotatable bonds is 5. The number of benzene rings is 2. The van der Waals surface area contributed by atoms with Crippen LogP contribution in [0.25, 0.3) is 0 Å². The van der Waals surface area contributed by atoms with Gasteiger partial charge in [0.1, 0.15) is 5.75 Å². The van der Waals surface area contributed by atoms with E-state index in [2.05, 4.69) is 17.0 Å². The lowest BCUT2D eigenvalue weighted by atomic mass is 9.71. The second-order valence-electron chi connectivity index (χ2n) is 8.45. The predicted molar refractivity (Wildman–Crippen MR) is 115 cm³/mol. The van der Waals surface area contributed by atoms with Crippen LogP contribution in [0, 0.1) is 5.41 Å². The Morgan fingerprint density at radius 2 is 1.63 bits per heavy atom. The summed E-state index contributed by atoms with van der Waals surface area (Å²) in [5, 5.41) is 9.18. The Kier molecular flexibility index (Phi) is 6.13. The van der Waals surface area contributed by atoms with Gasteiger partial charge in [-0.2, -0.15) is 0 Å². The Balaban J connectivity index is 1.33. The van der Waals surface area contributed by atoms with Crippen molar-refractivity contribution >= 4 is 6.09 Å². The van der Waals surface area contributed by atoms with Crippen molar-refractivity contribution in [3.05, 3.63) is 54.1 Å². The van der Waals surface area contributed by atoms with E-state index in [-0.39, 0.29) is 0 Å². The maximum absolute atomic E-state index is 11.2. The van der Waals surface area contributed by atoms with Gasteiger partial charge in [0.2, 0.25) is 0 Å². The fourth-order valence-corrected chi connectivity index (χ4v) is 4.65. The molecule has 6 heteroatoms. The highest BCUT2D eigenvalue weighted by atomic mass is 16.5. The fourth-order valence-electron chi connectivity index (χ4n) is 4.65. The number of methoxy groups -OCH3 is 1. The molecule has 4 rings (SSSR count). The van der Waals surface area contributed by atoms with Gasteiger partial charge < -0.3 is 19.5 Å². The van der Waals surface area contributed by atoms with Gasteiger partial charge in [-0.1, -0.05) is 24.3 Å². The van der Waals surface area contributed by atoms with Crippen LogP contribution in [0.5, 0.6) is 17.2 Å². The molecule has 160 valence electrons. The third-order valence-corrected chi connectivity index (χ3v) is 6.61. The van der Waals surface area contributed by atoms with Crippen molar-refractivity contribution in [2.24, 2.45) is 5.41 Å². The van der Waals surface area contributed by atoms with Gasteiger partial charge in [0.15, 0.2) is 11.5 Å². The molecule has 0 atom stereocenters. The van der Waals surface area contributed by atoms with Crippen molar-refractivity contribution in [2.75, 3.05) is 33.3 Å². The zero-order valence-corrected chi connectivity index (χ0v) is 17.5. The van der Waals surface area contributed by atoms with Crippen LogP contribution in [0.15, 0.2) is 48.5 Å². The Labute approximate surface area is 178 Å². The molecule has 2 aromatic carbocycles. The Bertz CT molecular complexity index is 867. The maximum atomic E-state index is 11.2. The molecule has 0 radical (unpaired) electrons. The Morgan fingerprint density at radius 1 is 0.967 bits per heavy atom. The van der Waals surface area contributed by atoms with Crippen molar-refractivity contribution in [1.82, 2.24) is 9.80 Å². The van der Waals surface area contributed by atoms with Gasteiger partial charge in [0, 0.05) is 19.6 Å². The summed E-state index contributed by atoms with van der Waals surface area (Å²) in [5.41, 5.74) is 1.57. The number of ether oxygens (including phenoxy) is 2. The lowest BCUT2D eigenvalue weighted by Crippen LogP contribution is -2.47. The number of hydrogen-bond donors (Lipinski definition) is 1. The Morgan fingerprint density at radius 3 is 2.30 bits per heavy atom. The number of hydrogen-bond acceptors (Lipinski definition) is 4. The predicted octanol–water partition coefficient (Wildman–Crippen LogP) is 4.84. The SMILES string of the molecule is COc1ccccc1Oc1cccc(CN2CCC3(CC2)CCN(C(=O)O)CC3)c1. The molecule has 0 saturated carbocycles. The van der Waals surface area contributed by atoms with Crippen molar-refractivity contribution in [2.45, 2.75) is 32.2 Å². The summed E-state index contributed by atoms with van der Waals surface area (Å²) in [7, 11) is 1.65. The summed E-state index contributed by atoms with van der Waals surface area (Å²) in [5.74, 6) is 2.24. The smallest absolute Gasteiger partial charge is 0.407 e. The first kappa shape index (κ1) is 20.5. The molecule has 2 fully saturated rings. The molecule has 1 N–H and O–H groups in total. The van der Waals surface area contributed by atoms with Crippen molar-refractivity contribution < 1.29 is 19.4 Å². The van der Waals surface area contributed by atoms with Crippen LogP contribution >= 0.6 is 0 Å². The molecule has 0 bridgehead atoms. The van der Waals surface area contributed by atoms with Gasteiger partial charge in [0.25, 0.3) is 0 Å². The van der Waals surface area contributed by atoms with Gasteiger partial charge in [-0.05, 0) is 74.0 Å². The van der Waals surface area contributed by atoms with Gasteiger partial charge in [-0.3, -0.25) is 4.90 Å². The standard InChI is InChI=1S/C24H30N2O4/c1-29-21-7-2-3-8-22(21)30-20-6-4-5-19(17-20)18-25-13-9-24(10-14-25)11-15-26(16-12-24)23(27)28/h2-8,17H,9-16,18H2,1H3,(H,27,28). The van der Waals surface area contributed by atoms with Crippen molar-refractivity contribution in [3.8, 4) is 17.2 Å². The van der Waals surface area contributed by atoms with Crippen molar-refractivity contribution in [3.63, 3.8) is 0 Å². The second kappa shape index (κ2) is 8.96. The molecule has 2 aromatic rings. The van der Waals surface area contributed by atoms with Gasteiger partial charge in [-0.25, -0.2) is 4.79 Å². The van der Waals surface area contributed by atoms with Crippen LogP contribution in [0.3, 0.4) is 0 Å². The highest BCUT2D eigenvalue weighted by molar-refractivity contribution is 5.65. The van der Waals surface area contributed by atoms with E-state index in [0.717, 1.165) is 56.8 Å². The molecule has 2 aliphatic rings. The summed E-state index contributed by atoms with van der Waals surface area (Å²) < 4.78 is 11.4. The second-order valence-corrected chi connectivity index (χ2v) is 8.45. The maximum Gasteiger partial charge on any atom is 0.407 e. The molecule has 0 aliphatic carbocycles. The lowest BCUT2D eigenvalue weighted by Gasteiger charge is -2.46. The minimum atomic E-state index is -0.780. The average Bonchev–Trinajstić information content (AvgIpc) is 2.76. The molecule has 2 saturated heterocycles.